The fourth-order valence-electron chi connectivity index (χ4n) is 1.84. The fraction of sp³-hybridized carbons (Fsp3) is 0.800. The summed E-state index contributed by atoms with van der Waals surface area (Å²) >= 11 is 1.87. The summed E-state index contributed by atoms with van der Waals surface area (Å²) in [6, 6.07) is -0.188. The normalized spacial score (nSPS) is 24.8. The Labute approximate surface area is 99.4 Å². The van der Waals surface area contributed by atoms with Gasteiger partial charge in [0.15, 0.2) is 0 Å². The first-order valence-corrected chi connectivity index (χ1v) is 6.69. The van der Waals surface area contributed by atoms with Crippen LogP contribution in [0.2, 0.25) is 0 Å². The molecule has 1 aliphatic rings. The Balaban J connectivity index is 2.18. The molecular formula is C10H18N2O3S. The maximum atomic E-state index is 11.3. The molecule has 1 fully saturated rings. The molecule has 1 aliphatic carbocycles. The summed E-state index contributed by atoms with van der Waals surface area (Å²) in [6.07, 6.45) is 6.30. The van der Waals surface area contributed by atoms with Gasteiger partial charge in [0.05, 0.1) is 0 Å². The standard InChI is InChI=1S/C10H18N2O3S/c1-16-8-4-2-7(3-5-8)12-10(15)11-6-9(13)14/h7-8H,2-6H2,1H3,(H,13,14)(H2,11,12,15). The first-order valence-electron chi connectivity index (χ1n) is 5.40. The van der Waals surface area contributed by atoms with Crippen LogP contribution in [0.3, 0.4) is 0 Å². The highest BCUT2D eigenvalue weighted by molar-refractivity contribution is 7.99. The molecule has 5 nitrogen and oxygen atoms in total. The minimum atomic E-state index is -1.03. The van der Waals surface area contributed by atoms with E-state index in [2.05, 4.69) is 16.9 Å². The molecule has 0 aliphatic heterocycles. The topological polar surface area (TPSA) is 78.4 Å². The quantitative estimate of drug-likeness (QED) is 0.692. The second kappa shape index (κ2) is 6.62. The number of thioether (sulfide) groups is 1. The molecule has 92 valence electrons. The van der Waals surface area contributed by atoms with Crippen LogP contribution in [0, 0.1) is 0 Å². The number of carbonyl (C=O) groups excluding carboxylic acids is 1. The van der Waals surface area contributed by atoms with E-state index < -0.39 is 5.97 Å². The minimum Gasteiger partial charge on any atom is -0.480 e. The summed E-state index contributed by atoms with van der Waals surface area (Å²) in [7, 11) is 0. The first-order chi connectivity index (χ1) is 7.61. The smallest absolute Gasteiger partial charge is 0.323 e. The Morgan fingerprint density at radius 3 is 2.44 bits per heavy atom. The van der Waals surface area contributed by atoms with Crippen LogP contribution in [0.25, 0.3) is 0 Å². The van der Waals surface area contributed by atoms with Gasteiger partial charge < -0.3 is 15.7 Å². The second-order valence-corrected chi connectivity index (χ2v) is 5.07. The Hall–Kier alpha value is -0.910. The van der Waals surface area contributed by atoms with Gasteiger partial charge in [-0.05, 0) is 31.9 Å². The summed E-state index contributed by atoms with van der Waals surface area (Å²) in [4.78, 5) is 21.5. The van der Waals surface area contributed by atoms with Gasteiger partial charge in [-0.15, -0.1) is 0 Å². The molecule has 0 radical (unpaired) electrons. The molecule has 1 saturated carbocycles. The van der Waals surface area contributed by atoms with Crippen LogP contribution in [0.15, 0.2) is 0 Å². The molecule has 0 spiro atoms. The summed E-state index contributed by atoms with van der Waals surface area (Å²) in [6.45, 7) is -0.327. The van der Waals surface area contributed by atoms with Crippen molar-refractivity contribution in [2.24, 2.45) is 0 Å². The van der Waals surface area contributed by atoms with Crippen LogP contribution in [-0.4, -0.2) is 41.2 Å². The van der Waals surface area contributed by atoms with E-state index in [0.29, 0.717) is 5.25 Å². The monoisotopic (exact) mass is 246 g/mol. The van der Waals surface area contributed by atoms with E-state index in [1.165, 1.54) is 0 Å². The molecule has 0 aromatic carbocycles. The molecule has 2 amide bonds. The van der Waals surface area contributed by atoms with Crippen LogP contribution in [0.4, 0.5) is 4.79 Å². The number of urea groups is 1. The largest absolute Gasteiger partial charge is 0.480 e. The zero-order valence-corrected chi connectivity index (χ0v) is 10.2. The number of carboxylic acid groups (broad SMARTS) is 1. The van der Waals surface area contributed by atoms with E-state index in [9.17, 15) is 9.59 Å². The number of carbonyl (C=O) groups is 2. The summed E-state index contributed by atoms with van der Waals surface area (Å²) in [5.41, 5.74) is 0. The number of aliphatic carboxylic acids is 1. The Morgan fingerprint density at radius 2 is 1.94 bits per heavy atom. The van der Waals surface area contributed by atoms with Crippen molar-refractivity contribution in [3.8, 4) is 0 Å². The van der Waals surface area contributed by atoms with Gasteiger partial charge in [-0.3, -0.25) is 4.79 Å². The lowest BCUT2D eigenvalue weighted by Crippen LogP contribution is -2.45. The van der Waals surface area contributed by atoms with Gasteiger partial charge in [0.2, 0.25) is 0 Å². The van der Waals surface area contributed by atoms with Crippen LogP contribution < -0.4 is 10.6 Å². The van der Waals surface area contributed by atoms with Gasteiger partial charge >= 0.3 is 12.0 Å². The third-order valence-electron chi connectivity index (χ3n) is 2.74. The number of hydrogen-bond acceptors (Lipinski definition) is 3. The van der Waals surface area contributed by atoms with Gasteiger partial charge in [0, 0.05) is 11.3 Å². The van der Waals surface area contributed by atoms with Crippen LogP contribution >= 0.6 is 11.8 Å². The van der Waals surface area contributed by atoms with E-state index in [4.69, 9.17) is 5.11 Å². The number of nitrogens with one attached hydrogen (secondary N) is 2. The molecule has 0 aromatic heterocycles. The maximum Gasteiger partial charge on any atom is 0.323 e. The van der Waals surface area contributed by atoms with Crippen molar-refractivity contribution in [1.82, 2.24) is 10.6 Å². The highest BCUT2D eigenvalue weighted by Crippen LogP contribution is 2.26. The number of hydrogen-bond donors (Lipinski definition) is 3. The highest BCUT2D eigenvalue weighted by atomic mass is 32.2. The van der Waals surface area contributed by atoms with E-state index in [1.807, 2.05) is 11.8 Å². The van der Waals surface area contributed by atoms with Crippen LogP contribution in [0.5, 0.6) is 0 Å². The molecule has 0 atom stereocenters. The highest BCUT2D eigenvalue weighted by Gasteiger charge is 2.21. The Morgan fingerprint density at radius 1 is 1.31 bits per heavy atom. The lowest BCUT2D eigenvalue weighted by molar-refractivity contribution is -0.135. The molecule has 16 heavy (non-hydrogen) atoms. The van der Waals surface area contributed by atoms with Gasteiger partial charge in [0.1, 0.15) is 6.54 Å². The van der Waals surface area contributed by atoms with E-state index in [1.54, 1.807) is 0 Å². The Bertz CT molecular complexity index is 252. The van der Waals surface area contributed by atoms with Crippen molar-refractivity contribution in [3.63, 3.8) is 0 Å². The SMILES string of the molecule is CSC1CCC(NC(=O)NCC(=O)O)CC1. The predicted octanol–water partition coefficient (Wildman–Crippen LogP) is 1.04. The zero-order chi connectivity index (χ0) is 12.0. The zero-order valence-electron chi connectivity index (χ0n) is 9.36. The van der Waals surface area contributed by atoms with Gasteiger partial charge in [-0.2, -0.15) is 11.8 Å². The van der Waals surface area contributed by atoms with E-state index in [0.717, 1.165) is 25.7 Å². The summed E-state index contributed by atoms with van der Waals surface area (Å²) in [5, 5.41) is 14.2. The average molecular weight is 246 g/mol. The molecular weight excluding hydrogens is 228 g/mol. The predicted molar refractivity (Wildman–Crippen MR) is 63.7 cm³/mol. The third kappa shape index (κ3) is 4.74. The van der Waals surface area contributed by atoms with E-state index >= 15 is 0 Å². The second-order valence-electron chi connectivity index (χ2n) is 3.93. The van der Waals surface area contributed by atoms with E-state index in [-0.39, 0.29) is 18.6 Å². The van der Waals surface area contributed by atoms with Gasteiger partial charge in [-0.25, -0.2) is 4.79 Å². The molecule has 1 rings (SSSR count). The maximum absolute atomic E-state index is 11.3. The molecule has 0 heterocycles. The molecule has 0 bridgehead atoms. The van der Waals surface area contributed by atoms with Crippen molar-refractivity contribution in [2.45, 2.75) is 37.0 Å². The van der Waals surface area contributed by atoms with Crippen molar-refractivity contribution >= 4 is 23.8 Å². The molecule has 0 saturated heterocycles. The number of amides is 2. The average Bonchev–Trinajstić information content (AvgIpc) is 2.27. The number of rotatable bonds is 4. The van der Waals surface area contributed by atoms with Crippen LogP contribution in [0.1, 0.15) is 25.7 Å². The third-order valence-corrected chi connectivity index (χ3v) is 3.88. The van der Waals surface area contributed by atoms with Gasteiger partial charge in [0.25, 0.3) is 0 Å². The van der Waals surface area contributed by atoms with Gasteiger partial charge in [-0.1, -0.05) is 0 Å². The first kappa shape index (κ1) is 13.2. The molecule has 6 heteroatoms. The molecule has 3 N–H and O–H groups in total. The lowest BCUT2D eigenvalue weighted by atomic mass is 9.95. The van der Waals surface area contributed by atoms with Crippen LogP contribution in [-0.2, 0) is 4.79 Å². The minimum absolute atomic E-state index is 0.192. The van der Waals surface area contributed by atoms with Crippen molar-refractivity contribution in [3.05, 3.63) is 0 Å². The summed E-state index contributed by atoms with van der Waals surface area (Å²) < 4.78 is 0. The van der Waals surface area contributed by atoms with Crippen molar-refractivity contribution in [1.29, 1.82) is 0 Å². The number of carboxylic acids is 1. The molecule has 0 unspecified atom stereocenters. The molecule has 0 aromatic rings. The lowest BCUT2D eigenvalue weighted by Gasteiger charge is -2.27. The van der Waals surface area contributed by atoms with Crippen molar-refractivity contribution < 1.29 is 14.7 Å². The summed E-state index contributed by atoms with van der Waals surface area (Å²) in [5.74, 6) is -1.03. The van der Waals surface area contributed by atoms with Crippen molar-refractivity contribution in [2.75, 3.05) is 12.8 Å². The fourth-order valence-corrected chi connectivity index (χ4v) is 2.58. The Kier molecular flexibility index (Phi) is 5.45.